The first kappa shape index (κ1) is 15.4. The molecule has 1 atom stereocenters. The standard InChI is InChI=1S/C16H21NO4/c1-5-12-6-7-15(21-12)14(9-19-4)17-16(18)13-8-10(2)20-11(13)3/h6-8,14H,5,9H2,1-4H3,(H,17,18)/t14-/m0/s1. The first-order valence-corrected chi connectivity index (χ1v) is 7.00. The molecule has 2 aromatic heterocycles. The van der Waals surface area contributed by atoms with E-state index in [1.165, 1.54) is 0 Å². The molecule has 0 aliphatic heterocycles. The normalized spacial score (nSPS) is 12.4. The van der Waals surface area contributed by atoms with Crippen LogP contribution in [0.4, 0.5) is 0 Å². The van der Waals surface area contributed by atoms with Crippen molar-refractivity contribution < 1.29 is 18.4 Å². The van der Waals surface area contributed by atoms with Crippen LogP contribution in [-0.2, 0) is 11.2 Å². The summed E-state index contributed by atoms with van der Waals surface area (Å²) in [6, 6.07) is 5.19. The molecular formula is C16H21NO4. The number of nitrogens with one attached hydrogen (secondary N) is 1. The van der Waals surface area contributed by atoms with Crippen molar-refractivity contribution in [2.24, 2.45) is 0 Å². The van der Waals surface area contributed by atoms with Crippen LogP contribution in [-0.4, -0.2) is 19.6 Å². The van der Waals surface area contributed by atoms with Crippen LogP contribution in [0, 0.1) is 13.8 Å². The lowest BCUT2D eigenvalue weighted by molar-refractivity contribution is 0.0880. The van der Waals surface area contributed by atoms with Crippen LogP contribution in [0.5, 0.6) is 0 Å². The van der Waals surface area contributed by atoms with Gasteiger partial charge in [0.1, 0.15) is 29.1 Å². The zero-order chi connectivity index (χ0) is 15.4. The molecule has 0 saturated heterocycles. The van der Waals surface area contributed by atoms with Gasteiger partial charge in [-0.25, -0.2) is 0 Å². The molecule has 0 radical (unpaired) electrons. The summed E-state index contributed by atoms with van der Waals surface area (Å²) in [6.07, 6.45) is 0.813. The molecule has 2 aromatic rings. The van der Waals surface area contributed by atoms with Crippen LogP contribution in [0.1, 0.15) is 46.4 Å². The SMILES string of the molecule is CCc1ccc([C@H](COC)NC(=O)c2cc(C)oc2C)o1. The summed E-state index contributed by atoms with van der Waals surface area (Å²) < 4.78 is 16.3. The van der Waals surface area contributed by atoms with Crippen LogP contribution >= 0.6 is 0 Å². The number of aryl methyl sites for hydroxylation is 3. The molecule has 0 bridgehead atoms. The molecular weight excluding hydrogens is 270 g/mol. The molecule has 0 unspecified atom stereocenters. The fourth-order valence-corrected chi connectivity index (χ4v) is 2.23. The average molecular weight is 291 g/mol. The second-order valence-electron chi connectivity index (χ2n) is 4.97. The molecule has 5 heteroatoms. The van der Waals surface area contributed by atoms with Gasteiger partial charge in [0.05, 0.1) is 12.2 Å². The van der Waals surface area contributed by atoms with Crippen molar-refractivity contribution in [3.63, 3.8) is 0 Å². The molecule has 1 N–H and O–H groups in total. The molecule has 21 heavy (non-hydrogen) atoms. The van der Waals surface area contributed by atoms with Gasteiger partial charge in [0.25, 0.3) is 5.91 Å². The zero-order valence-corrected chi connectivity index (χ0v) is 12.9. The van der Waals surface area contributed by atoms with Gasteiger partial charge in [0.15, 0.2) is 0 Å². The minimum atomic E-state index is -0.322. The Morgan fingerprint density at radius 3 is 2.62 bits per heavy atom. The van der Waals surface area contributed by atoms with Crippen molar-refractivity contribution in [1.82, 2.24) is 5.32 Å². The molecule has 114 valence electrons. The highest BCUT2D eigenvalue weighted by atomic mass is 16.5. The molecule has 0 fully saturated rings. The third-order valence-electron chi connectivity index (χ3n) is 3.30. The third-order valence-corrected chi connectivity index (χ3v) is 3.30. The lowest BCUT2D eigenvalue weighted by atomic mass is 10.2. The second-order valence-corrected chi connectivity index (χ2v) is 4.97. The third kappa shape index (κ3) is 3.55. The molecule has 2 heterocycles. The number of hydrogen-bond donors (Lipinski definition) is 1. The van der Waals surface area contributed by atoms with Crippen LogP contribution < -0.4 is 5.32 Å². The maximum Gasteiger partial charge on any atom is 0.255 e. The fraction of sp³-hybridized carbons (Fsp3) is 0.438. The van der Waals surface area contributed by atoms with E-state index in [9.17, 15) is 4.79 Å². The van der Waals surface area contributed by atoms with Gasteiger partial charge >= 0.3 is 0 Å². The van der Waals surface area contributed by atoms with E-state index in [4.69, 9.17) is 13.6 Å². The van der Waals surface area contributed by atoms with E-state index >= 15 is 0 Å². The van der Waals surface area contributed by atoms with E-state index < -0.39 is 0 Å². The molecule has 0 aromatic carbocycles. The highest BCUT2D eigenvalue weighted by molar-refractivity contribution is 5.95. The molecule has 0 saturated carbocycles. The molecule has 2 rings (SSSR count). The lowest BCUT2D eigenvalue weighted by Crippen LogP contribution is -2.31. The van der Waals surface area contributed by atoms with E-state index in [0.29, 0.717) is 29.5 Å². The van der Waals surface area contributed by atoms with E-state index in [1.807, 2.05) is 26.0 Å². The average Bonchev–Trinajstić information content (AvgIpc) is 3.04. The van der Waals surface area contributed by atoms with Crippen LogP contribution in [0.15, 0.2) is 27.0 Å². The van der Waals surface area contributed by atoms with Gasteiger partial charge in [0, 0.05) is 13.5 Å². The van der Waals surface area contributed by atoms with Crippen LogP contribution in [0.2, 0.25) is 0 Å². The zero-order valence-electron chi connectivity index (χ0n) is 12.9. The van der Waals surface area contributed by atoms with Gasteiger partial charge in [-0.05, 0) is 32.0 Å². The monoisotopic (exact) mass is 291 g/mol. The summed E-state index contributed by atoms with van der Waals surface area (Å²) in [5.41, 5.74) is 0.538. The highest BCUT2D eigenvalue weighted by Crippen LogP contribution is 2.20. The summed E-state index contributed by atoms with van der Waals surface area (Å²) in [6.45, 7) is 5.95. The summed E-state index contributed by atoms with van der Waals surface area (Å²) >= 11 is 0. The second kappa shape index (κ2) is 6.63. The quantitative estimate of drug-likeness (QED) is 0.887. The number of methoxy groups -OCH3 is 1. The van der Waals surface area contributed by atoms with Crippen molar-refractivity contribution in [1.29, 1.82) is 0 Å². The van der Waals surface area contributed by atoms with E-state index in [0.717, 1.165) is 12.2 Å². The number of carbonyl (C=O) groups excluding carboxylic acids is 1. The Balaban J connectivity index is 2.15. The highest BCUT2D eigenvalue weighted by Gasteiger charge is 2.21. The van der Waals surface area contributed by atoms with Gasteiger partial charge < -0.3 is 18.9 Å². The van der Waals surface area contributed by atoms with E-state index in [1.54, 1.807) is 20.1 Å². The Kier molecular flexibility index (Phi) is 4.85. The summed E-state index contributed by atoms with van der Waals surface area (Å²) in [7, 11) is 1.59. The van der Waals surface area contributed by atoms with Crippen molar-refractivity contribution in [3.05, 3.63) is 46.8 Å². The Morgan fingerprint density at radius 1 is 1.33 bits per heavy atom. The van der Waals surface area contributed by atoms with E-state index in [2.05, 4.69) is 5.32 Å². The predicted octanol–water partition coefficient (Wildman–Crippen LogP) is 3.17. The lowest BCUT2D eigenvalue weighted by Gasteiger charge is -2.15. The summed E-state index contributed by atoms with van der Waals surface area (Å²) in [5, 5.41) is 2.92. The molecule has 1 amide bonds. The molecule has 0 aliphatic rings. The number of hydrogen-bond acceptors (Lipinski definition) is 4. The fourth-order valence-electron chi connectivity index (χ4n) is 2.23. The smallest absolute Gasteiger partial charge is 0.255 e. The van der Waals surface area contributed by atoms with Gasteiger partial charge in [-0.15, -0.1) is 0 Å². The largest absolute Gasteiger partial charge is 0.466 e. The number of furan rings is 2. The predicted molar refractivity (Wildman–Crippen MR) is 78.4 cm³/mol. The minimum Gasteiger partial charge on any atom is -0.466 e. The van der Waals surface area contributed by atoms with Crippen molar-refractivity contribution in [2.75, 3.05) is 13.7 Å². The van der Waals surface area contributed by atoms with Crippen molar-refractivity contribution in [3.8, 4) is 0 Å². The molecule has 0 spiro atoms. The van der Waals surface area contributed by atoms with Crippen LogP contribution in [0.3, 0.4) is 0 Å². The summed E-state index contributed by atoms with van der Waals surface area (Å²) in [5.74, 6) is 2.71. The number of ether oxygens (including phenoxy) is 1. The Labute approximate surface area is 124 Å². The molecule has 0 aliphatic carbocycles. The molecule has 5 nitrogen and oxygen atoms in total. The Morgan fingerprint density at radius 2 is 2.10 bits per heavy atom. The van der Waals surface area contributed by atoms with Gasteiger partial charge in [0.2, 0.25) is 0 Å². The number of rotatable bonds is 6. The van der Waals surface area contributed by atoms with Crippen LogP contribution in [0.25, 0.3) is 0 Å². The first-order chi connectivity index (χ1) is 10.0. The Hall–Kier alpha value is -2.01. The van der Waals surface area contributed by atoms with E-state index in [-0.39, 0.29) is 11.9 Å². The maximum absolute atomic E-state index is 12.3. The minimum absolute atomic E-state index is 0.194. The van der Waals surface area contributed by atoms with Gasteiger partial charge in [-0.1, -0.05) is 6.92 Å². The Bertz CT molecular complexity index is 612. The number of amides is 1. The van der Waals surface area contributed by atoms with Gasteiger partial charge in [-0.2, -0.15) is 0 Å². The van der Waals surface area contributed by atoms with Gasteiger partial charge in [-0.3, -0.25) is 4.79 Å². The summed E-state index contributed by atoms with van der Waals surface area (Å²) in [4.78, 5) is 12.3. The first-order valence-electron chi connectivity index (χ1n) is 7.00. The van der Waals surface area contributed by atoms with Crippen molar-refractivity contribution in [2.45, 2.75) is 33.2 Å². The van der Waals surface area contributed by atoms with Crippen molar-refractivity contribution >= 4 is 5.91 Å². The topological polar surface area (TPSA) is 64.6 Å². The maximum atomic E-state index is 12.3. The number of carbonyl (C=O) groups is 1.